The lowest BCUT2D eigenvalue weighted by atomic mass is 9.89. The van der Waals surface area contributed by atoms with E-state index in [0.29, 0.717) is 42.2 Å². The number of anilines is 1. The monoisotopic (exact) mass is 417 g/mol. The molecule has 2 aromatic carbocycles. The molecule has 0 atom stereocenters. The number of nitriles is 1. The molecule has 3 rings (SSSR count). The summed E-state index contributed by atoms with van der Waals surface area (Å²) in [6.45, 7) is 9.42. The number of hydrogen-bond acceptors (Lipinski definition) is 3. The molecule has 1 heterocycles. The Bertz CT molecular complexity index is 989. The Morgan fingerprint density at radius 3 is 2.32 bits per heavy atom. The lowest BCUT2D eigenvalue weighted by molar-refractivity contribution is -0.117. The van der Waals surface area contributed by atoms with Gasteiger partial charge in [0.25, 0.3) is 5.91 Å². The normalized spacial score (nSPS) is 14.7. The minimum absolute atomic E-state index is 0.00426. The molecule has 0 aromatic heterocycles. The van der Waals surface area contributed by atoms with Gasteiger partial charge in [0.1, 0.15) is 0 Å². The van der Waals surface area contributed by atoms with Crippen LogP contribution in [-0.2, 0) is 4.79 Å². The van der Waals surface area contributed by atoms with Crippen molar-refractivity contribution in [2.75, 3.05) is 18.4 Å². The van der Waals surface area contributed by atoms with E-state index < -0.39 is 0 Å². The minimum atomic E-state index is -0.0926. The van der Waals surface area contributed by atoms with Gasteiger partial charge in [0.05, 0.1) is 11.6 Å². The summed E-state index contributed by atoms with van der Waals surface area (Å²) in [5.74, 6) is 0.370. The second-order valence-electron chi connectivity index (χ2n) is 9.62. The molecule has 0 radical (unpaired) electrons. The summed E-state index contributed by atoms with van der Waals surface area (Å²) in [5, 5.41) is 11.9. The molecule has 5 heteroatoms. The maximum atomic E-state index is 13.1. The molecule has 1 N–H and O–H groups in total. The van der Waals surface area contributed by atoms with Gasteiger partial charge in [-0.1, -0.05) is 39.0 Å². The number of amides is 2. The fourth-order valence-electron chi connectivity index (χ4n) is 3.99. The topological polar surface area (TPSA) is 73.2 Å². The third-order valence-electron chi connectivity index (χ3n) is 5.74. The number of piperidine rings is 1. The van der Waals surface area contributed by atoms with Crippen molar-refractivity contribution in [1.82, 2.24) is 4.90 Å². The molecular weight excluding hydrogens is 386 g/mol. The molecule has 2 aromatic rings. The van der Waals surface area contributed by atoms with E-state index in [0.717, 1.165) is 18.4 Å². The van der Waals surface area contributed by atoms with E-state index in [1.54, 1.807) is 6.07 Å². The average Bonchev–Trinajstić information content (AvgIpc) is 2.73. The Morgan fingerprint density at radius 2 is 1.74 bits per heavy atom. The van der Waals surface area contributed by atoms with E-state index in [4.69, 9.17) is 5.26 Å². The first-order valence-electron chi connectivity index (χ1n) is 10.9. The standard InChI is InChI=1S/C26H31N3O2/c1-18-5-8-22(15-23(18)28-24(30)16-26(2,3)4)25(31)29-13-11-21(12-14-29)20-9-6-19(17-27)7-10-20/h5-10,15,21H,11-14,16H2,1-4H3,(H,28,30). The quantitative estimate of drug-likeness (QED) is 0.737. The van der Waals surface area contributed by atoms with Gasteiger partial charge in [-0.2, -0.15) is 5.26 Å². The number of benzene rings is 2. The van der Waals surface area contributed by atoms with Crippen molar-refractivity contribution in [2.24, 2.45) is 5.41 Å². The highest BCUT2D eigenvalue weighted by molar-refractivity contribution is 5.98. The molecule has 0 bridgehead atoms. The van der Waals surface area contributed by atoms with Crippen molar-refractivity contribution >= 4 is 17.5 Å². The Labute approximate surface area is 185 Å². The molecule has 2 amide bonds. The van der Waals surface area contributed by atoms with Gasteiger partial charge in [-0.15, -0.1) is 0 Å². The van der Waals surface area contributed by atoms with E-state index in [9.17, 15) is 9.59 Å². The molecule has 0 unspecified atom stereocenters. The zero-order valence-corrected chi connectivity index (χ0v) is 18.9. The van der Waals surface area contributed by atoms with Gasteiger partial charge in [0, 0.05) is 30.8 Å². The second kappa shape index (κ2) is 9.34. The van der Waals surface area contributed by atoms with Crippen LogP contribution in [0.5, 0.6) is 0 Å². The molecule has 1 fully saturated rings. The molecule has 5 nitrogen and oxygen atoms in total. The first-order chi connectivity index (χ1) is 14.7. The zero-order valence-electron chi connectivity index (χ0n) is 18.9. The van der Waals surface area contributed by atoms with Crippen LogP contribution in [0.2, 0.25) is 0 Å². The Hall–Kier alpha value is -3.13. The van der Waals surface area contributed by atoms with Crippen LogP contribution in [0.25, 0.3) is 0 Å². The van der Waals surface area contributed by atoms with Crippen molar-refractivity contribution in [3.8, 4) is 6.07 Å². The summed E-state index contributed by atoms with van der Waals surface area (Å²) >= 11 is 0. The Kier molecular flexibility index (Phi) is 6.80. The lowest BCUT2D eigenvalue weighted by Gasteiger charge is -2.32. The summed E-state index contributed by atoms with van der Waals surface area (Å²) in [6.07, 6.45) is 2.23. The average molecular weight is 418 g/mol. The predicted molar refractivity (Wildman–Crippen MR) is 123 cm³/mol. The lowest BCUT2D eigenvalue weighted by Crippen LogP contribution is -2.38. The van der Waals surface area contributed by atoms with Crippen LogP contribution >= 0.6 is 0 Å². The van der Waals surface area contributed by atoms with E-state index in [-0.39, 0.29) is 17.2 Å². The van der Waals surface area contributed by atoms with Crippen molar-refractivity contribution in [1.29, 1.82) is 5.26 Å². The van der Waals surface area contributed by atoms with Crippen LogP contribution in [0.1, 0.15) is 73.0 Å². The van der Waals surface area contributed by atoms with Crippen LogP contribution in [0.15, 0.2) is 42.5 Å². The number of aryl methyl sites for hydroxylation is 1. The van der Waals surface area contributed by atoms with Crippen LogP contribution in [0.4, 0.5) is 5.69 Å². The van der Waals surface area contributed by atoms with E-state index in [2.05, 4.69) is 11.4 Å². The number of likely N-dealkylation sites (tertiary alicyclic amines) is 1. The molecule has 1 saturated heterocycles. The highest BCUT2D eigenvalue weighted by Crippen LogP contribution is 2.29. The van der Waals surface area contributed by atoms with Crippen LogP contribution in [0, 0.1) is 23.7 Å². The smallest absolute Gasteiger partial charge is 0.253 e. The molecular formula is C26H31N3O2. The van der Waals surface area contributed by atoms with E-state index >= 15 is 0 Å². The number of hydrogen-bond donors (Lipinski definition) is 1. The van der Waals surface area contributed by atoms with Gasteiger partial charge in [0.15, 0.2) is 0 Å². The first kappa shape index (κ1) is 22.6. The number of nitrogens with one attached hydrogen (secondary N) is 1. The van der Waals surface area contributed by atoms with Crippen molar-refractivity contribution in [3.05, 3.63) is 64.7 Å². The summed E-state index contributed by atoms with van der Waals surface area (Å²) in [4.78, 5) is 27.3. The summed E-state index contributed by atoms with van der Waals surface area (Å²) < 4.78 is 0. The summed E-state index contributed by atoms with van der Waals surface area (Å²) in [7, 11) is 0. The third-order valence-corrected chi connectivity index (χ3v) is 5.74. The molecule has 0 saturated carbocycles. The zero-order chi connectivity index (χ0) is 22.6. The van der Waals surface area contributed by atoms with E-state index in [1.165, 1.54) is 5.56 Å². The van der Waals surface area contributed by atoms with Crippen molar-refractivity contribution in [2.45, 2.75) is 52.9 Å². The van der Waals surface area contributed by atoms with Gasteiger partial charge in [-0.05, 0) is 66.5 Å². The van der Waals surface area contributed by atoms with Gasteiger partial charge < -0.3 is 10.2 Å². The van der Waals surface area contributed by atoms with E-state index in [1.807, 2.05) is 69.0 Å². The Morgan fingerprint density at radius 1 is 1.10 bits per heavy atom. The number of carbonyl (C=O) groups excluding carboxylic acids is 2. The number of nitrogens with zero attached hydrogens (tertiary/aromatic N) is 2. The van der Waals surface area contributed by atoms with Gasteiger partial charge in [-0.3, -0.25) is 9.59 Å². The van der Waals surface area contributed by atoms with Gasteiger partial charge in [-0.25, -0.2) is 0 Å². The van der Waals surface area contributed by atoms with Crippen molar-refractivity contribution in [3.63, 3.8) is 0 Å². The molecule has 1 aliphatic rings. The predicted octanol–water partition coefficient (Wildman–Crippen LogP) is 5.26. The molecule has 1 aliphatic heterocycles. The van der Waals surface area contributed by atoms with Gasteiger partial charge in [0.2, 0.25) is 5.91 Å². The molecule has 0 aliphatic carbocycles. The third kappa shape index (κ3) is 5.95. The molecule has 162 valence electrons. The maximum Gasteiger partial charge on any atom is 0.253 e. The summed E-state index contributed by atoms with van der Waals surface area (Å²) in [5.41, 5.74) is 4.05. The van der Waals surface area contributed by atoms with Gasteiger partial charge >= 0.3 is 0 Å². The van der Waals surface area contributed by atoms with Crippen LogP contribution in [-0.4, -0.2) is 29.8 Å². The number of rotatable bonds is 4. The SMILES string of the molecule is Cc1ccc(C(=O)N2CCC(c3ccc(C#N)cc3)CC2)cc1NC(=O)CC(C)(C)C. The number of carbonyl (C=O) groups is 2. The second-order valence-corrected chi connectivity index (χ2v) is 9.62. The highest BCUT2D eigenvalue weighted by atomic mass is 16.2. The van der Waals surface area contributed by atoms with Crippen LogP contribution < -0.4 is 5.32 Å². The maximum absolute atomic E-state index is 13.1. The van der Waals surface area contributed by atoms with Crippen LogP contribution in [0.3, 0.4) is 0 Å². The van der Waals surface area contributed by atoms with Crippen molar-refractivity contribution < 1.29 is 9.59 Å². The minimum Gasteiger partial charge on any atom is -0.339 e. The largest absolute Gasteiger partial charge is 0.339 e. The highest BCUT2D eigenvalue weighted by Gasteiger charge is 2.25. The molecule has 31 heavy (non-hydrogen) atoms. The first-order valence-corrected chi connectivity index (χ1v) is 10.9. The Balaban J connectivity index is 1.64. The fourth-order valence-corrected chi connectivity index (χ4v) is 3.99. The fraction of sp³-hybridized carbons (Fsp3) is 0.423. The molecule has 0 spiro atoms. The summed E-state index contributed by atoms with van der Waals surface area (Å²) in [6, 6.07) is 15.4.